The minimum atomic E-state index is -1.51. The third kappa shape index (κ3) is 2.85. The van der Waals surface area contributed by atoms with E-state index in [1.165, 1.54) is 12.7 Å². The molecule has 0 aromatic rings. The Kier molecular flexibility index (Phi) is 5.48. The summed E-state index contributed by atoms with van der Waals surface area (Å²) in [7, 11) is 1.44. The lowest BCUT2D eigenvalue weighted by Crippen LogP contribution is -2.74. The zero-order chi connectivity index (χ0) is 26.7. The first-order chi connectivity index (χ1) is 16.5. The maximum atomic E-state index is 14.4. The Bertz CT molecular complexity index is 1030. The summed E-state index contributed by atoms with van der Waals surface area (Å²) in [6, 6.07) is 0. The van der Waals surface area contributed by atoms with Crippen molar-refractivity contribution >= 4 is 11.8 Å². The van der Waals surface area contributed by atoms with Gasteiger partial charge in [0.15, 0.2) is 5.78 Å². The maximum Gasteiger partial charge on any atom is 0.311 e. The fraction of sp³-hybridized carbons (Fsp3) is 0.871. The van der Waals surface area contributed by atoms with Gasteiger partial charge >= 0.3 is 5.97 Å². The van der Waals surface area contributed by atoms with Crippen LogP contribution >= 0.6 is 0 Å². The van der Waals surface area contributed by atoms with Gasteiger partial charge in [0, 0.05) is 11.3 Å². The molecule has 0 aliphatic heterocycles. The minimum absolute atomic E-state index is 0.159. The van der Waals surface area contributed by atoms with E-state index in [0.717, 1.165) is 51.4 Å². The number of rotatable bonds is 1. The third-order valence-electron chi connectivity index (χ3n) is 13.4. The first-order valence-electron chi connectivity index (χ1n) is 14.2. The van der Waals surface area contributed by atoms with Crippen LogP contribution < -0.4 is 0 Å². The van der Waals surface area contributed by atoms with Gasteiger partial charge in [-0.15, -0.1) is 0 Å². The summed E-state index contributed by atoms with van der Waals surface area (Å²) in [5.74, 6) is -0.392. The normalized spacial score (nSPS) is 53.8. The van der Waals surface area contributed by atoms with E-state index >= 15 is 0 Å². The fourth-order valence-electron chi connectivity index (χ4n) is 10.6. The zero-order valence-corrected chi connectivity index (χ0v) is 23.8. The Morgan fingerprint density at radius 2 is 1.56 bits per heavy atom. The van der Waals surface area contributed by atoms with E-state index in [0.29, 0.717) is 12.3 Å². The number of carbonyl (C=O) groups excluding carboxylic acids is 2. The van der Waals surface area contributed by atoms with Crippen LogP contribution in [0.3, 0.4) is 0 Å². The molecule has 5 rings (SSSR count). The number of ketones is 1. The molecule has 202 valence electrons. The molecule has 0 radical (unpaired) electrons. The summed E-state index contributed by atoms with van der Waals surface area (Å²) in [5.41, 5.74) is -2.51. The van der Waals surface area contributed by atoms with E-state index in [2.05, 4.69) is 41.5 Å². The van der Waals surface area contributed by atoms with Crippen molar-refractivity contribution in [2.75, 3.05) is 7.11 Å². The molecule has 0 bridgehead atoms. The van der Waals surface area contributed by atoms with Crippen LogP contribution in [0.1, 0.15) is 106 Å². The van der Waals surface area contributed by atoms with Crippen LogP contribution in [0.2, 0.25) is 0 Å². The van der Waals surface area contributed by atoms with Crippen molar-refractivity contribution in [1.82, 2.24) is 0 Å². The number of hydrogen-bond donors (Lipinski definition) is 2. The highest BCUT2D eigenvalue weighted by atomic mass is 16.5. The van der Waals surface area contributed by atoms with Crippen LogP contribution in [-0.2, 0) is 14.3 Å². The molecule has 4 fully saturated rings. The van der Waals surface area contributed by atoms with Gasteiger partial charge in [0.2, 0.25) is 0 Å². The van der Waals surface area contributed by atoms with E-state index < -0.39 is 16.4 Å². The number of aliphatic hydroxyl groups excluding tert-OH is 1. The quantitative estimate of drug-likeness (QED) is 0.457. The number of carbonyl (C=O) groups is 2. The predicted molar refractivity (Wildman–Crippen MR) is 139 cm³/mol. The lowest BCUT2D eigenvalue weighted by atomic mass is 9.32. The van der Waals surface area contributed by atoms with Crippen LogP contribution in [0.4, 0.5) is 0 Å². The summed E-state index contributed by atoms with van der Waals surface area (Å²) < 4.78 is 5.19. The highest BCUT2D eigenvalue weighted by Gasteiger charge is 2.75. The van der Waals surface area contributed by atoms with Crippen LogP contribution in [0, 0.1) is 44.3 Å². The van der Waals surface area contributed by atoms with E-state index in [4.69, 9.17) is 4.74 Å². The molecule has 0 aromatic heterocycles. The molecular formula is C31H48O5. The minimum Gasteiger partial charge on any atom is -0.469 e. The average molecular weight is 501 g/mol. The van der Waals surface area contributed by atoms with Gasteiger partial charge in [-0.25, -0.2) is 0 Å². The molecule has 0 spiro atoms. The Morgan fingerprint density at radius 3 is 2.19 bits per heavy atom. The molecule has 5 aliphatic carbocycles. The molecule has 0 amide bonds. The van der Waals surface area contributed by atoms with Crippen molar-refractivity contribution in [2.24, 2.45) is 44.3 Å². The van der Waals surface area contributed by atoms with Gasteiger partial charge in [-0.1, -0.05) is 47.1 Å². The van der Waals surface area contributed by atoms with E-state index in [-0.39, 0.29) is 45.4 Å². The summed E-state index contributed by atoms with van der Waals surface area (Å²) in [6.45, 7) is 15.4. The molecular weight excluding hydrogens is 452 g/mol. The van der Waals surface area contributed by atoms with Crippen LogP contribution in [0.25, 0.3) is 0 Å². The van der Waals surface area contributed by atoms with E-state index in [9.17, 15) is 19.8 Å². The molecule has 0 heterocycles. The number of hydrogen-bond acceptors (Lipinski definition) is 5. The van der Waals surface area contributed by atoms with Crippen molar-refractivity contribution in [1.29, 1.82) is 0 Å². The molecule has 9 atom stereocenters. The number of aliphatic hydroxyl groups is 2. The molecule has 0 saturated heterocycles. The van der Waals surface area contributed by atoms with Crippen LogP contribution in [0.5, 0.6) is 0 Å². The Labute approximate surface area is 217 Å². The second-order valence-electron chi connectivity index (χ2n) is 15.2. The Hall–Kier alpha value is -1.20. The van der Waals surface area contributed by atoms with Gasteiger partial charge in [-0.2, -0.15) is 0 Å². The predicted octanol–water partition coefficient (Wildman–Crippen LogP) is 5.62. The topological polar surface area (TPSA) is 83.8 Å². The van der Waals surface area contributed by atoms with Crippen LogP contribution in [-0.4, -0.2) is 40.8 Å². The number of fused-ring (bicyclic) bond motifs is 7. The van der Waals surface area contributed by atoms with Crippen LogP contribution in [0.15, 0.2) is 11.6 Å². The Morgan fingerprint density at radius 1 is 0.917 bits per heavy atom. The second-order valence-corrected chi connectivity index (χ2v) is 15.2. The SMILES string of the molecule is COC(=O)[C@@]1(C)CC[C@]2(C)CC[C@@]3(C)[C@]4(C)CC[C@H]5C(C)(C)[C@@H](O)CC[C@]5(C)C4=CC(=O)[C@]3(O)[C@@H]2C1. The zero-order valence-electron chi connectivity index (χ0n) is 23.8. The van der Waals surface area contributed by atoms with Crippen molar-refractivity contribution in [3.8, 4) is 0 Å². The monoisotopic (exact) mass is 500 g/mol. The number of ether oxygens (including phenoxy) is 1. The summed E-state index contributed by atoms with van der Waals surface area (Å²) >= 11 is 0. The number of esters is 1. The van der Waals surface area contributed by atoms with Gasteiger partial charge in [-0.05, 0) is 98.4 Å². The number of methoxy groups -OCH3 is 1. The molecule has 5 heteroatoms. The smallest absolute Gasteiger partial charge is 0.311 e. The molecule has 0 aromatic carbocycles. The van der Waals surface area contributed by atoms with Gasteiger partial charge in [-0.3, -0.25) is 9.59 Å². The van der Waals surface area contributed by atoms with Crippen molar-refractivity contribution < 1.29 is 24.5 Å². The summed E-state index contributed by atoms with van der Waals surface area (Å²) in [5, 5.41) is 23.7. The van der Waals surface area contributed by atoms with E-state index in [1.807, 2.05) is 13.0 Å². The molecule has 4 saturated carbocycles. The second kappa shape index (κ2) is 7.46. The molecule has 2 N–H and O–H groups in total. The van der Waals surface area contributed by atoms with Crippen molar-refractivity contribution in [3.05, 3.63) is 11.6 Å². The largest absolute Gasteiger partial charge is 0.469 e. The standard InChI is InChI=1S/C31H48O5/c1-25(2)19-9-12-29(6)20(28(19,5)11-10-22(25)32)17-23(33)31(35)21-18-27(4,24(34)36-8)14-13-26(21,3)15-16-30(29,31)7/h17,19,21-22,32,35H,9-16,18H2,1-8H3/t19-,21+,22-,26+,27-,28-,29+,30-,31+/m0/s1. The van der Waals surface area contributed by atoms with Gasteiger partial charge in [0.1, 0.15) is 5.60 Å². The Balaban J connectivity index is 1.66. The van der Waals surface area contributed by atoms with Crippen molar-refractivity contribution in [2.45, 2.75) is 118 Å². The third-order valence-corrected chi connectivity index (χ3v) is 13.4. The fourth-order valence-corrected chi connectivity index (χ4v) is 10.6. The lowest BCUT2D eigenvalue weighted by molar-refractivity contribution is -0.247. The average Bonchev–Trinajstić information content (AvgIpc) is 2.81. The number of allylic oxidation sites excluding steroid dienone is 1. The van der Waals surface area contributed by atoms with Gasteiger partial charge < -0.3 is 14.9 Å². The highest BCUT2D eigenvalue weighted by molar-refractivity contribution is 6.00. The lowest BCUT2D eigenvalue weighted by Gasteiger charge is -2.72. The first-order valence-corrected chi connectivity index (χ1v) is 14.2. The first kappa shape index (κ1) is 26.4. The van der Waals surface area contributed by atoms with Gasteiger partial charge in [0.25, 0.3) is 0 Å². The molecule has 0 unspecified atom stereocenters. The van der Waals surface area contributed by atoms with E-state index in [1.54, 1.807) is 0 Å². The summed E-state index contributed by atoms with van der Waals surface area (Å²) in [6.07, 6.45) is 8.77. The summed E-state index contributed by atoms with van der Waals surface area (Å²) in [4.78, 5) is 27.2. The molecule has 5 nitrogen and oxygen atoms in total. The maximum absolute atomic E-state index is 14.4. The van der Waals surface area contributed by atoms with Gasteiger partial charge in [0.05, 0.1) is 18.6 Å². The van der Waals surface area contributed by atoms with Crippen molar-refractivity contribution in [3.63, 3.8) is 0 Å². The molecule has 5 aliphatic rings. The molecule has 36 heavy (non-hydrogen) atoms. The highest BCUT2D eigenvalue weighted by Crippen LogP contribution is 2.76.